The molecule has 4 N–H and O–H groups in total. The molecule has 1 aromatic heterocycles. The zero-order valence-electron chi connectivity index (χ0n) is 18.9. The van der Waals surface area contributed by atoms with Gasteiger partial charge in [0.1, 0.15) is 0 Å². The fourth-order valence-corrected chi connectivity index (χ4v) is 5.13. The van der Waals surface area contributed by atoms with Gasteiger partial charge in [-0.3, -0.25) is 4.98 Å². The Bertz CT molecular complexity index is 985. The Labute approximate surface area is 179 Å². The summed E-state index contributed by atoms with van der Waals surface area (Å²) in [6.45, 7) is 11.8. The zero-order chi connectivity index (χ0) is 21.7. The molecule has 1 saturated carbocycles. The van der Waals surface area contributed by atoms with Crippen molar-refractivity contribution in [3.63, 3.8) is 0 Å². The molecule has 0 amide bonds. The van der Waals surface area contributed by atoms with E-state index in [9.17, 15) is 0 Å². The van der Waals surface area contributed by atoms with Crippen LogP contribution in [0.15, 0.2) is 35.6 Å². The average Bonchev–Trinajstić information content (AvgIpc) is 3.51. The van der Waals surface area contributed by atoms with Crippen LogP contribution in [0.2, 0.25) is 0 Å². The largest absolute Gasteiger partial charge is 0.394 e. The van der Waals surface area contributed by atoms with E-state index in [2.05, 4.69) is 68.8 Å². The van der Waals surface area contributed by atoms with Crippen LogP contribution in [0.1, 0.15) is 86.9 Å². The Morgan fingerprint density at radius 3 is 2.13 bits per heavy atom. The first kappa shape index (κ1) is 20.9. The van der Waals surface area contributed by atoms with Crippen molar-refractivity contribution in [3.05, 3.63) is 64.0 Å². The van der Waals surface area contributed by atoms with Gasteiger partial charge in [0.2, 0.25) is 5.90 Å². The van der Waals surface area contributed by atoms with E-state index >= 15 is 0 Å². The van der Waals surface area contributed by atoms with Crippen molar-refractivity contribution in [2.45, 2.75) is 83.0 Å². The number of nitrogens with two attached hydrogens (primary N) is 2. The van der Waals surface area contributed by atoms with Crippen molar-refractivity contribution in [1.82, 2.24) is 4.98 Å². The number of nitrogens with zero attached hydrogens (tertiary/aromatic N) is 2. The molecular weight excluding hydrogens is 372 g/mol. The molecule has 2 aliphatic carbocycles. The molecule has 0 saturated heterocycles. The van der Waals surface area contributed by atoms with E-state index in [1.165, 1.54) is 35.1 Å². The number of benzene rings is 1. The summed E-state index contributed by atoms with van der Waals surface area (Å²) in [5.74, 6) is 10.8. The van der Waals surface area contributed by atoms with Crippen LogP contribution in [0.4, 0.5) is 0 Å². The summed E-state index contributed by atoms with van der Waals surface area (Å²) in [6, 6.07) is 9.19. The average molecular weight is 407 g/mol. The highest BCUT2D eigenvalue weighted by atomic mass is 16.6. The molecule has 5 nitrogen and oxygen atoms in total. The molecule has 2 aromatic rings. The third kappa shape index (κ3) is 3.39. The maximum absolute atomic E-state index is 5.29. The van der Waals surface area contributed by atoms with Crippen LogP contribution in [0.5, 0.6) is 0 Å². The Morgan fingerprint density at radius 2 is 1.63 bits per heavy atom. The standard InChI is InChI=1S/C25H34N4O/c1-16-12-19-20(24(4,5)9-8-23(19,2)3)14-18(16)25(10-11-25)21-7-6-17(15-28-21)13-22(29-26)30-27/h6-7,12,14-15H,8-11,13,26-27H2,1-5H3/b29-22-. The lowest BCUT2D eigenvalue weighted by molar-refractivity contribution is 0.312. The number of hydrogen-bond donors (Lipinski definition) is 2. The molecule has 0 unspecified atom stereocenters. The van der Waals surface area contributed by atoms with Gasteiger partial charge in [-0.15, -0.1) is 5.10 Å². The first-order valence-electron chi connectivity index (χ1n) is 10.9. The van der Waals surface area contributed by atoms with Crippen LogP contribution >= 0.6 is 0 Å². The van der Waals surface area contributed by atoms with Crippen molar-refractivity contribution in [1.29, 1.82) is 0 Å². The number of pyridine rings is 1. The predicted molar refractivity (Wildman–Crippen MR) is 121 cm³/mol. The lowest BCUT2D eigenvalue weighted by Gasteiger charge is -2.43. The van der Waals surface area contributed by atoms with E-state index in [1.807, 2.05) is 6.20 Å². The number of rotatable bonds is 4. The highest BCUT2D eigenvalue weighted by Gasteiger charge is 2.49. The van der Waals surface area contributed by atoms with Gasteiger partial charge in [-0.1, -0.05) is 45.9 Å². The smallest absolute Gasteiger partial charge is 0.234 e. The minimum atomic E-state index is 0.0322. The molecule has 5 heteroatoms. The third-order valence-corrected chi connectivity index (χ3v) is 7.41. The van der Waals surface area contributed by atoms with Crippen LogP contribution in [0.3, 0.4) is 0 Å². The minimum Gasteiger partial charge on any atom is -0.394 e. The van der Waals surface area contributed by atoms with E-state index in [0.29, 0.717) is 12.3 Å². The quantitative estimate of drug-likeness (QED) is 0.338. The van der Waals surface area contributed by atoms with Crippen LogP contribution in [-0.4, -0.2) is 10.9 Å². The van der Waals surface area contributed by atoms with Gasteiger partial charge in [-0.25, -0.2) is 0 Å². The Balaban J connectivity index is 1.72. The molecule has 160 valence electrons. The van der Waals surface area contributed by atoms with Crippen molar-refractivity contribution in [2.24, 2.45) is 16.8 Å². The maximum atomic E-state index is 5.29. The molecule has 1 fully saturated rings. The number of hydrogen-bond acceptors (Lipinski definition) is 5. The lowest BCUT2D eigenvalue weighted by Crippen LogP contribution is -2.34. The summed E-state index contributed by atoms with van der Waals surface area (Å²) in [5.41, 5.74) is 8.47. The summed E-state index contributed by atoms with van der Waals surface area (Å²) < 4.78 is 0. The molecule has 0 atom stereocenters. The summed E-state index contributed by atoms with van der Waals surface area (Å²) in [7, 11) is 0. The normalized spacial score (nSPS) is 21.1. The monoisotopic (exact) mass is 406 g/mol. The second kappa shape index (κ2) is 7.09. The molecule has 0 spiro atoms. The number of hydrazone groups is 1. The van der Waals surface area contributed by atoms with Crippen molar-refractivity contribution in [2.75, 3.05) is 0 Å². The van der Waals surface area contributed by atoms with E-state index < -0.39 is 0 Å². The van der Waals surface area contributed by atoms with E-state index in [4.69, 9.17) is 16.7 Å². The number of aryl methyl sites for hydroxylation is 1. The lowest BCUT2D eigenvalue weighted by atomic mass is 9.62. The van der Waals surface area contributed by atoms with Gasteiger partial charge in [0.25, 0.3) is 0 Å². The highest BCUT2D eigenvalue weighted by Crippen LogP contribution is 2.56. The van der Waals surface area contributed by atoms with Gasteiger partial charge in [0.05, 0.1) is 12.1 Å². The first-order valence-corrected chi connectivity index (χ1v) is 10.9. The summed E-state index contributed by atoms with van der Waals surface area (Å²) in [6.07, 6.45) is 7.08. The van der Waals surface area contributed by atoms with Gasteiger partial charge in [-0.05, 0) is 77.3 Å². The van der Waals surface area contributed by atoms with Crippen LogP contribution in [0.25, 0.3) is 0 Å². The molecule has 2 aliphatic rings. The second-order valence-electron chi connectivity index (χ2n) is 10.4. The fraction of sp³-hybridized carbons (Fsp3) is 0.520. The zero-order valence-corrected chi connectivity index (χ0v) is 18.9. The van der Waals surface area contributed by atoms with Gasteiger partial charge >= 0.3 is 0 Å². The second-order valence-corrected chi connectivity index (χ2v) is 10.4. The number of aromatic nitrogens is 1. The molecule has 1 aromatic carbocycles. The van der Waals surface area contributed by atoms with E-state index in [-0.39, 0.29) is 16.2 Å². The van der Waals surface area contributed by atoms with Crippen LogP contribution < -0.4 is 11.7 Å². The summed E-state index contributed by atoms with van der Waals surface area (Å²) >= 11 is 0. The maximum Gasteiger partial charge on any atom is 0.234 e. The fourth-order valence-electron chi connectivity index (χ4n) is 5.13. The molecule has 4 rings (SSSR count). The van der Waals surface area contributed by atoms with Gasteiger partial charge in [0, 0.05) is 11.6 Å². The van der Waals surface area contributed by atoms with Crippen molar-refractivity contribution in [3.8, 4) is 0 Å². The van der Waals surface area contributed by atoms with Crippen molar-refractivity contribution >= 4 is 5.90 Å². The minimum absolute atomic E-state index is 0.0322. The Kier molecular flexibility index (Phi) is 4.93. The predicted octanol–water partition coefficient (Wildman–Crippen LogP) is 4.52. The number of fused-ring (bicyclic) bond motifs is 1. The topological polar surface area (TPSA) is 86.5 Å². The molecular formula is C25H34N4O. The Hall–Kier alpha value is -2.40. The molecule has 1 heterocycles. The van der Waals surface area contributed by atoms with Crippen LogP contribution in [-0.2, 0) is 27.5 Å². The van der Waals surface area contributed by atoms with Crippen LogP contribution in [0, 0.1) is 6.92 Å². The summed E-state index contributed by atoms with van der Waals surface area (Å²) in [5, 5.41) is 3.55. The SMILES string of the molecule is Cc1cc2c(cc1C1(c3ccc(C/C(=N/N)ON)cn3)CC1)C(C)(C)CCC2(C)C. The van der Waals surface area contributed by atoms with Gasteiger partial charge in [-0.2, -0.15) is 5.90 Å². The molecule has 0 bridgehead atoms. The van der Waals surface area contributed by atoms with E-state index in [1.54, 1.807) is 0 Å². The van der Waals surface area contributed by atoms with Gasteiger partial charge in [0.15, 0.2) is 0 Å². The third-order valence-electron chi connectivity index (χ3n) is 7.41. The highest BCUT2D eigenvalue weighted by molar-refractivity contribution is 5.77. The van der Waals surface area contributed by atoms with Gasteiger partial charge < -0.3 is 10.7 Å². The first-order chi connectivity index (χ1) is 14.1. The molecule has 0 aliphatic heterocycles. The molecule has 30 heavy (non-hydrogen) atoms. The van der Waals surface area contributed by atoms with E-state index in [0.717, 1.165) is 24.1 Å². The Morgan fingerprint density at radius 1 is 1.00 bits per heavy atom. The summed E-state index contributed by atoms with van der Waals surface area (Å²) in [4.78, 5) is 9.52. The van der Waals surface area contributed by atoms with Crippen molar-refractivity contribution < 1.29 is 4.84 Å². The molecule has 0 radical (unpaired) electrons.